The van der Waals surface area contributed by atoms with E-state index in [0.29, 0.717) is 25.1 Å². The van der Waals surface area contributed by atoms with Crippen LogP contribution in [-0.2, 0) is 18.8 Å². The number of aromatic nitrogens is 3. The Morgan fingerprint density at radius 3 is 2.70 bits per heavy atom. The van der Waals surface area contributed by atoms with Crippen molar-refractivity contribution in [2.75, 3.05) is 19.8 Å². The zero-order chi connectivity index (χ0) is 16.7. The third kappa shape index (κ3) is 2.44. The quantitative estimate of drug-likeness (QED) is 0.707. The zero-order valence-electron chi connectivity index (χ0n) is 13.3. The van der Waals surface area contributed by atoms with Gasteiger partial charge >= 0.3 is 5.69 Å². The Morgan fingerprint density at radius 1 is 1.26 bits per heavy atom. The SMILES string of the molecule is C[C@@H]1COCCN1C(=O)c1ccc2c(=O)n(C)c(=O)n(C)c2n1. The van der Waals surface area contributed by atoms with Crippen LogP contribution < -0.4 is 11.2 Å². The molecule has 1 aliphatic heterocycles. The van der Waals surface area contributed by atoms with Crippen LogP contribution in [0.15, 0.2) is 21.7 Å². The van der Waals surface area contributed by atoms with Gasteiger partial charge in [-0.25, -0.2) is 9.78 Å². The van der Waals surface area contributed by atoms with Gasteiger partial charge in [0.1, 0.15) is 11.3 Å². The Balaban J connectivity index is 2.12. The summed E-state index contributed by atoms with van der Waals surface area (Å²) in [6.45, 7) is 3.37. The first kappa shape index (κ1) is 15.4. The van der Waals surface area contributed by atoms with Crippen LogP contribution in [0.25, 0.3) is 11.0 Å². The van der Waals surface area contributed by atoms with E-state index in [9.17, 15) is 14.4 Å². The number of fused-ring (bicyclic) bond motifs is 1. The number of morpholine rings is 1. The highest BCUT2D eigenvalue weighted by molar-refractivity contribution is 5.94. The lowest BCUT2D eigenvalue weighted by atomic mass is 10.2. The lowest BCUT2D eigenvalue weighted by Gasteiger charge is -2.33. The van der Waals surface area contributed by atoms with Crippen molar-refractivity contribution in [3.63, 3.8) is 0 Å². The average Bonchev–Trinajstić information content (AvgIpc) is 2.57. The number of rotatable bonds is 1. The van der Waals surface area contributed by atoms with Crippen molar-refractivity contribution in [3.05, 3.63) is 38.7 Å². The summed E-state index contributed by atoms with van der Waals surface area (Å²) >= 11 is 0. The fourth-order valence-electron chi connectivity index (χ4n) is 2.75. The van der Waals surface area contributed by atoms with Gasteiger partial charge in [0.05, 0.1) is 24.6 Å². The molecule has 122 valence electrons. The molecule has 23 heavy (non-hydrogen) atoms. The molecule has 8 heteroatoms. The van der Waals surface area contributed by atoms with Crippen molar-refractivity contribution in [1.29, 1.82) is 0 Å². The van der Waals surface area contributed by atoms with Crippen molar-refractivity contribution in [2.24, 2.45) is 14.1 Å². The van der Waals surface area contributed by atoms with Gasteiger partial charge in [0, 0.05) is 20.6 Å². The fraction of sp³-hybridized carbons (Fsp3) is 0.467. The van der Waals surface area contributed by atoms with Gasteiger partial charge in [0.15, 0.2) is 0 Å². The molecule has 2 aromatic heterocycles. The molecule has 3 heterocycles. The van der Waals surface area contributed by atoms with E-state index in [1.807, 2.05) is 6.92 Å². The fourth-order valence-corrected chi connectivity index (χ4v) is 2.75. The summed E-state index contributed by atoms with van der Waals surface area (Å²) in [6, 6.07) is 3.03. The van der Waals surface area contributed by atoms with Crippen molar-refractivity contribution in [2.45, 2.75) is 13.0 Å². The zero-order valence-corrected chi connectivity index (χ0v) is 13.3. The smallest absolute Gasteiger partial charge is 0.332 e. The number of hydrogen-bond acceptors (Lipinski definition) is 5. The van der Waals surface area contributed by atoms with Crippen LogP contribution in [-0.4, -0.2) is 50.7 Å². The second-order valence-electron chi connectivity index (χ2n) is 5.70. The minimum absolute atomic E-state index is 0.0405. The van der Waals surface area contributed by atoms with Gasteiger partial charge < -0.3 is 9.64 Å². The molecule has 1 fully saturated rings. The van der Waals surface area contributed by atoms with Crippen molar-refractivity contribution >= 4 is 16.9 Å². The number of carbonyl (C=O) groups is 1. The van der Waals surface area contributed by atoms with Gasteiger partial charge in [0.25, 0.3) is 11.5 Å². The van der Waals surface area contributed by atoms with E-state index < -0.39 is 11.2 Å². The summed E-state index contributed by atoms with van der Waals surface area (Å²) in [5, 5.41) is 0.307. The Bertz CT molecular complexity index is 899. The third-order valence-electron chi connectivity index (χ3n) is 4.15. The molecule has 1 saturated heterocycles. The molecular formula is C15H18N4O4. The Kier molecular flexibility index (Phi) is 3.77. The Hall–Kier alpha value is -2.48. The molecule has 1 aliphatic rings. The molecule has 0 aliphatic carbocycles. The molecule has 0 radical (unpaired) electrons. The highest BCUT2D eigenvalue weighted by atomic mass is 16.5. The molecule has 0 unspecified atom stereocenters. The molecule has 0 N–H and O–H groups in total. The van der Waals surface area contributed by atoms with Crippen LogP contribution in [0, 0.1) is 0 Å². The summed E-state index contributed by atoms with van der Waals surface area (Å²) in [6.07, 6.45) is 0. The molecule has 0 bridgehead atoms. The average molecular weight is 318 g/mol. The lowest BCUT2D eigenvalue weighted by Crippen LogP contribution is -2.47. The minimum atomic E-state index is -0.473. The topological polar surface area (TPSA) is 86.4 Å². The molecule has 1 amide bonds. The molecule has 1 atom stereocenters. The predicted octanol–water partition coefficient (Wildman–Crippen LogP) is -0.507. The van der Waals surface area contributed by atoms with Crippen LogP contribution in [0.1, 0.15) is 17.4 Å². The second-order valence-corrected chi connectivity index (χ2v) is 5.70. The number of amides is 1. The molecular weight excluding hydrogens is 300 g/mol. The monoisotopic (exact) mass is 318 g/mol. The number of ether oxygens (including phenoxy) is 1. The summed E-state index contributed by atoms with van der Waals surface area (Å²) in [5.74, 6) is -0.226. The van der Waals surface area contributed by atoms with E-state index in [1.54, 1.807) is 11.0 Å². The standard InChI is InChI=1S/C15H18N4O4/c1-9-8-23-7-6-19(9)14(21)11-5-4-10-12(16-11)17(2)15(22)18(3)13(10)20/h4-5,9H,6-8H2,1-3H3/t9-/m1/s1. The molecule has 0 spiro atoms. The number of carbonyl (C=O) groups excluding carboxylic acids is 1. The molecule has 3 rings (SSSR count). The van der Waals surface area contributed by atoms with Crippen LogP contribution in [0.3, 0.4) is 0 Å². The third-order valence-corrected chi connectivity index (χ3v) is 4.15. The highest BCUT2D eigenvalue weighted by Crippen LogP contribution is 2.13. The van der Waals surface area contributed by atoms with Crippen LogP contribution in [0.5, 0.6) is 0 Å². The summed E-state index contributed by atoms with van der Waals surface area (Å²) in [7, 11) is 2.95. The van der Waals surface area contributed by atoms with Gasteiger partial charge in [-0.2, -0.15) is 0 Å². The Morgan fingerprint density at radius 2 is 2.00 bits per heavy atom. The number of pyridine rings is 1. The first-order valence-electron chi connectivity index (χ1n) is 7.37. The maximum absolute atomic E-state index is 12.6. The second kappa shape index (κ2) is 5.62. The van der Waals surface area contributed by atoms with Gasteiger partial charge in [-0.1, -0.05) is 0 Å². The van der Waals surface area contributed by atoms with E-state index in [0.717, 1.165) is 4.57 Å². The van der Waals surface area contributed by atoms with Crippen LogP contribution in [0.2, 0.25) is 0 Å². The number of nitrogens with zero attached hydrogens (tertiary/aromatic N) is 4. The van der Waals surface area contributed by atoms with Crippen LogP contribution in [0.4, 0.5) is 0 Å². The largest absolute Gasteiger partial charge is 0.377 e. The van der Waals surface area contributed by atoms with Crippen molar-refractivity contribution < 1.29 is 9.53 Å². The molecule has 2 aromatic rings. The van der Waals surface area contributed by atoms with E-state index >= 15 is 0 Å². The van der Waals surface area contributed by atoms with Crippen molar-refractivity contribution in [3.8, 4) is 0 Å². The predicted molar refractivity (Wildman–Crippen MR) is 83.5 cm³/mol. The lowest BCUT2D eigenvalue weighted by molar-refractivity contribution is 0.00329. The van der Waals surface area contributed by atoms with E-state index in [2.05, 4.69) is 4.98 Å². The van der Waals surface area contributed by atoms with E-state index in [1.165, 1.54) is 24.7 Å². The van der Waals surface area contributed by atoms with Crippen molar-refractivity contribution in [1.82, 2.24) is 19.0 Å². The van der Waals surface area contributed by atoms with Gasteiger partial charge in [-0.05, 0) is 19.1 Å². The van der Waals surface area contributed by atoms with E-state index in [-0.39, 0.29) is 23.3 Å². The maximum Gasteiger partial charge on any atom is 0.332 e. The summed E-state index contributed by atoms with van der Waals surface area (Å²) in [5.41, 5.74) is -0.465. The maximum atomic E-state index is 12.6. The van der Waals surface area contributed by atoms with Gasteiger partial charge in [-0.3, -0.25) is 18.7 Å². The van der Waals surface area contributed by atoms with Crippen LogP contribution >= 0.6 is 0 Å². The summed E-state index contributed by atoms with van der Waals surface area (Å²) < 4.78 is 7.63. The first-order chi connectivity index (χ1) is 10.9. The normalized spacial score (nSPS) is 18.4. The summed E-state index contributed by atoms with van der Waals surface area (Å²) in [4.78, 5) is 42.7. The van der Waals surface area contributed by atoms with Gasteiger partial charge in [0.2, 0.25) is 0 Å². The number of hydrogen-bond donors (Lipinski definition) is 0. The minimum Gasteiger partial charge on any atom is -0.377 e. The highest BCUT2D eigenvalue weighted by Gasteiger charge is 2.26. The number of aryl methyl sites for hydroxylation is 1. The van der Waals surface area contributed by atoms with E-state index in [4.69, 9.17) is 4.74 Å². The molecule has 8 nitrogen and oxygen atoms in total. The first-order valence-corrected chi connectivity index (χ1v) is 7.37. The Labute approximate surface area is 131 Å². The molecule has 0 aromatic carbocycles. The molecule has 0 saturated carbocycles. The van der Waals surface area contributed by atoms with Gasteiger partial charge in [-0.15, -0.1) is 0 Å².